The first-order valence-electron chi connectivity index (χ1n) is 6.68. The maximum Gasteiger partial charge on any atom is 0.234 e. The summed E-state index contributed by atoms with van der Waals surface area (Å²) in [6, 6.07) is 9.78. The number of ether oxygens (including phenoxy) is 1. The van der Waals surface area contributed by atoms with Crippen LogP contribution in [-0.4, -0.2) is 37.2 Å². The molecule has 5 nitrogen and oxygen atoms in total. The highest BCUT2D eigenvalue weighted by atomic mass is 16.5. The number of carbonyl (C=O) groups excluding carboxylic acids is 1. The van der Waals surface area contributed by atoms with Crippen molar-refractivity contribution in [2.75, 3.05) is 26.3 Å². The van der Waals surface area contributed by atoms with E-state index in [-0.39, 0.29) is 11.9 Å². The minimum Gasteiger partial charge on any atom is -0.379 e. The van der Waals surface area contributed by atoms with Crippen molar-refractivity contribution in [3.8, 4) is 0 Å². The minimum absolute atomic E-state index is 0.0216. The van der Waals surface area contributed by atoms with Gasteiger partial charge in [0.1, 0.15) is 0 Å². The zero-order valence-electron chi connectivity index (χ0n) is 11.0. The molecule has 0 spiro atoms. The van der Waals surface area contributed by atoms with Crippen LogP contribution in [0.3, 0.4) is 0 Å². The maximum atomic E-state index is 11.8. The molecule has 1 saturated heterocycles. The van der Waals surface area contributed by atoms with Crippen molar-refractivity contribution >= 4 is 5.91 Å². The van der Waals surface area contributed by atoms with Crippen LogP contribution in [0.1, 0.15) is 24.4 Å². The van der Waals surface area contributed by atoms with Gasteiger partial charge in [0.05, 0.1) is 13.2 Å². The van der Waals surface area contributed by atoms with Gasteiger partial charge in [-0.15, -0.1) is 0 Å². The number of nitrogens with one attached hydrogen (secondary N) is 1. The van der Waals surface area contributed by atoms with E-state index in [1.807, 2.05) is 35.3 Å². The Morgan fingerprint density at radius 1 is 1.32 bits per heavy atom. The smallest absolute Gasteiger partial charge is 0.234 e. The molecule has 3 N–H and O–H groups in total. The molecule has 1 amide bonds. The van der Waals surface area contributed by atoms with Crippen LogP contribution in [-0.2, 0) is 9.53 Å². The zero-order valence-corrected chi connectivity index (χ0v) is 11.0. The lowest BCUT2D eigenvalue weighted by Gasteiger charge is -2.27. The monoisotopic (exact) mass is 263 g/mol. The molecule has 1 aliphatic heterocycles. The van der Waals surface area contributed by atoms with Crippen LogP contribution in [0.4, 0.5) is 0 Å². The van der Waals surface area contributed by atoms with Gasteiger partial charge in [-0.25, -0.2) is 5.01 Å². The summed E-state index contributed by atoms with van der Waals surface area (Å²) >= 11 is 0. The Kier molecular flexibility index (Phi) is 5.32. The number of hydrazine groups is 1. The first kappa shape index (κ1) is 14.0. The Bertz CT molecular complexity index is 391. The SMILES string of the molecule is NC(CCC(=O)NN1CCOCC1)c1ccccc1. The number of rotatable bonds is 5. The van der Waals surface area contributed by atoms with Crippen molar-refractivity contribution in [2.45, 2.75) is 18.9 Å². The standard InChI is InChI=1S/C14H21N3O2/c15-13(12-4-2-1-3-5-12)6-7-14(18)16-17-8-10-19-11-9-17/h1-5,13H,6-11,15H2,(H,16,18). The number of nitrogens with zero attached hydrogens (tertiary/aromatic N) is 1. The molecule has 1 unspecified atom stereocenters. The predicted molar refractivity (Wildman–Crippen MR) is 73.1 cm³/mol. The topological polar surface area (TPSA) is 67.6 Å². The van der Waals surface area contributed by atoms with Crippen molar-refractivity contribution in [1.29, 1.82) is 0 Å². The summed E-state index contributed by atoms with van der Waals surface area (Å²) in [6.45, 7) is 2.83. The van der Waals surface area contributed by atoms with Crippen molar-refractivity contribution in [1.82, 2.24) is 10.4 Å². The first-order chi connectivity index (χ1) is 9.25. The zero-order chi connectivity index (χ0) is 13.5. The molecule has 1 heterocycles. The number of hydrogen-bond donors (Lipinski definition) is 2. The molecule has 0 saturated carbocycles. The molecular formula is C14H21N3O2. The molecule has 0 bridgehead atoms. The largest absolute Gasteiger partial charge is 0.379 e. The molecule has 5 heteroatoms. The fraction of sp³-hybridized carbons (Fsp3) is 0.500. The van der Waals surface area contributed by atoms with E-state index >= 15 is 0 Å². The Hall–Kier alpha value is -1.43. The van der Waals surface area contributed by atoms with E-state index in [2.05, 4.69) is 5.43 Å². The molecule has 104 valence electrons. The maximum absolute atomic E-state index is 11.8. The molecule has 1 aromatic carbocycles. The normalized spacial score (nSPS) is 17.9. The molecule has 1 aliphatic rings. The molecule has 1 fully saturated rings. The Morgan fingerprint density at radius 2 is 2.00 bits per heavy atom. The summed E-state index contributed by atoms with van der Waals surface area (Å²) in [4.78, 5) is 11.8. The minimum atomic E-state index is -0.0864. The van der Waals surface area contributed by atoms with E-state index in [1.165, 1.54) is 0 Å². The van der Waals surface area contributed by atoms with E-state index in [1.54, 1.807) is 0 Å². The Balaban J connectivity index is 1.71. The van der Waals surface area contributed by atoms with Gasteiger partial charge in [-0.05, 0) is 12.0 Å². The second-order valence-electron chi connectivity index (χ2n) is 4.69. The highest BCUT2D eigenvalue weighted by Gasteiger charge is 2.14. The van der Waals surface area contributed by atoms with Crippen molar-refractivity contribution in [3.63, 3.8) is 0 Å². The van der Waals surface area contributed by atoms with Gasteiger partial charge in [0.15, 0.2) is 0 Å². The molecular weight excluding hydrogens is 242 g/mol. The third-order valence-electron chi connectivity index (χ3n) is 3.20. The lowest BCUT2D eigenvalue weighted by Crippen LogP contribution is -2.48. The highest BCUT2D eigenvalue weighted by molar-refractivity contribution is 5.75. The second-order valence-corrected chi connectivity index (χ2v) is 4.69. The van der Waals surface area contributed by atoms with Crippen LogP contribution in [0.15, 0.2) is 30.3 Å². The summed E-state index contributed by atoms with van der Waals surface area (Å²) in [5.74, 6) is 0.0216. The van der Waals surface area contributed by atoms with Crippen molar-refractivity contribution < 1.29 is 9.53 Å². The molecule has 0 aliphatic carbocycles. The van der Waals surface area contributed by atoms with E-state index in [4.69, 9.17) is 10.5 Å². The van der Waals surface area contributed by atoms with Gasteiger partial charge >= 0.3 is 0 Å². The van der Waals surface area contributed by atoms with Crippen LogP contribution in [0.5, 0.6) is 0 Å². The number of amides is 1. The quantitative estimate of drug-likeness (QED) is 0.825. The van der Waals surface area contributed by atoms with Gasteiger partial charge in [0, 0.05) is 25.6 Å². The third-order valence-corrected chi connectivity index (χ3v) is 3.20. The number of morpholine rings is 1. The summed E-state index contributed by atoms with van der Waals surface area (Å²) in [5, 5.41) is 1.90. The number of benzene rings is 1. The second kappa shape index (κ2) is 7.23. The first-order valence-corrected chi connectivity index (χ1v) is 6.68. The predicted octanol–water partition coefficient (Wildman–Crippen LogP) is 0.830. The fourth-order valence-electron chi connectivity index (χ4n) is 2.06. The average molecular weight is 263 g/mol. The highest BCUT2D eigenvalue weighted by Crippen LogP contribution is 2.14. The van der Waals surface area contributed by atoms with E-state index in [9.17, 15) is 4.79 Å². The van der Waals surface area contributed by atoms with Crippen LogP contribution < -0.4 is 11.2 Å². The lowest BCUT2D eigenvalue weighted by molar-refractivity contribution is -0.128. The van der Waals surface area contributed by atoms with Gasteiger partial charge in [0.25, 0.3) is 0 Å². The van der Waals surface area contributed by atoms with Crippen molar-refractivity contribution in [2.24, 2.45) is 5.73 Å². The van der Waals surface area contributed by atoms with Gasteiger partial charge in [-0.2, -0.15) is 0 Å². The van der Waals surface area contributed by atoms with Crippen molar-refractivity contribution in [3.05, 3.63) is 35.9 Å². The molecule has 19 heavy (non-hydrogen) atoms. The number of hydrogen-bond acceptors (Lipinski definition) is 4. The Labute approximate surface area is 113 Å². The summed E-state index contributed by atoms with van der Waals surface area (Å²) in [7, 11) is 0. The number of carbonyl (C=O) groups is 1. The van der Waals surface area contributed by atoms with Crippen LogP contribution in [0.25, 0.3) is 0 Å². The molecule has 2 rings (SSSR count). The van der Waals surface area contributed by atoms with Crippen LogP contribution >= 0.6 is 0 Å². The summed E-state index contributed by atoms with van der Waals surface area (Å²) in [5.41, 5.74) is 10.0. The third kappa shape index (κ3) is 4.63. The fourth-order valence-corrected chi connectivity index (χ4v) is 2.06. The lowest BCUT2D eigenvalue weighted by atomic mass is 10.0. The van der Waals surface area contributed by atoms with Crippen LogP contribution in [0, 0.1) is 0 Å². The Morgan fingerprint density at radius 3 is 2.68 bits per heavy atom. The van der Waals surface area contributed by atoms with Gasteiger partial charge in [0.2, 0.25) is 5.91 Å². The molecule has 0 radical (unpaired) electrons. The van der Waals surface area contributed by atoms with Gasteiger partial charge < -0.3 is 10.5 Å². The van der Waals surface area contributed by atoms with Crippen LogP contribution in [0.2, 0.25) is 0 Å². The van der Waals surface area contributed by atoms with E-state index in [0.717, 1.165) is 18.7 Å². The average Bonchev–Trinajstić information content (AvgIpc) is 2.47. The molecule has 1 atom stereocenters. The number of nitrogens with two attached hydrogens (primary N) is 1. The van der Waals surface area contributed by atoms with E-state index < -0.39 is 0 Å². The summed E-state index contributed by atoms with van der Waals surface area (Å²) in [6.07, 6.45) is 1.09. The van der Waals surface area contributed by atoms with E-state index in [0.29, 0.717) is 26.1 Å². The summed E-state index contributed by atoms with van der Waals surface area (Å²) < 4.78 is 5.22. The van der Waals surface area contributed by atoms with Gasteiger partial charge in [-0.3, -0.25) is 10.2 Å². The van der Waals surface area contributed by atoms with Gasteiger partial charge in [-0.1, -0.05) is 30.3 Å². The molecule has 1 aromatic rings. The molecule has 0 aromatic heterocycles.